The minimum Gasteiger partial charge on any atom is -0.496 e. The first-order chi connectivity index (χ1) is 12.7. The Kier molecular flexibility index (Phi) is 4.34. The van der Waals surface area contributed by atoms with Gasteiger partial charge in [0, 0.05) is 12.0 Å². The highest BCUT2D eigenvalue weighted by Crippen LogP contribution is 2.42. The number of nitrogens with one attached hydrogen (secondary N) is 1. The van der Waals surface area contributed by atoms with Crippen LogP contribution in [0, 0.1) is 4.64 Å². The van der Waals surface area contributed by atoms with Gasteiger partial charge in [0.2, 0.25) is 5.88 Å². The number of hydrogen-bond acceptors (Lipinski definition) is 5. The van der Waals surface area contributed by atoms with Gasteiger partial charge < -0.3 is 19.2 Å². The second kappa shape index (κ2) is 6.80. The van der Waals surface area contributed by atoms with Crippen molar-refractivity contribution in [3.63, 3.8) is 0 Å². The lowest BCUT2D eigenvalue weighted by Gasteiger charge is -2.22. The van der Waals surface area contributed by atoms with Crippen LogP contribution in [0.15, 0.2) is 42.5 Å². The average Bonchev–Trinajstić information content (AvgIpc) is 2.67. The summed E-state index contributed by atoms with van der Waals surface area (Å²) in [5.41, 5.74) is 2.74. The fourth-order valence-corrected chi connectivity index (χ4v) is 3.32. The summed E-state index contributed by atoms with van der Waals surface area (Å²) in [6.45, 7) is 2.53. The summed E-state index contributed by atoms with van der Waals surface area (Å²) in [4.78, 5) is 7.84. The smallest absolute Gasteiger partial charge is 0.205 e. The Morgan fingerprint density at radius 2 is 1.96 bits per heavy atom. The molecule has 1 aromatic heterocycles. The van der Waals surface area contributed by atoms with E-state index in [1.54, 1.807) is 7.11 Å². The molecule has 1 aliphatic heterocycles. The molecule has 4 rings (SSSR count). The number of hydrogen-bond donors (Lipinski definition) is 1. The molecule has 3 aromatic rings. The summed E-state index contributed by atoms with van der Waals surface area (Å²) in [5, 5.41) is 0. The molecule has 1 aliphatic rings. The molecular formula is C20H18N2O3S. The van der Waals surface area contributed by atoms with Crippen LogP contribution in [0.4, 0.5) is 0 Å². The molecule has 0 bridgehead atoms. The van der Waals surface area contributed by atoms with Gasteiger partial charge in [-0.15, -0.1) is 0 Å². The van der Waals surface area contributed by atoms with Crippen LogP contribution in [0.1, 0.15) is 18.1 Å². The normalized spacial score (nSPS) is 11.9. The molecule has 132 valence electrons. The first-order valence-corrected chi connectivity index (χ1v) is 8.81. The minimum atomic E-state index is 0.520. The molecule has 0 fully saturated rings. The van der Waals surface area contributed by atoms with Crippen LogP contribution in [0.25, 0.3) is 11.4 Å². The van der Waals surface area contributed by atoms with Crippen LogP contribution in [0.3, 0.4) is 0 Å². The van der Waals surface area contributed by atoms with E-state index in [1.807, 2.05) is 49.4 Å². The standard InChI is InChI=1S/C20H18N2O3S/c1-3-24-16-10-6-7-12-11-14-19(25-17(12)16)21-18(22-20(14)26)13-8-4-5-9-15(13)23-2/h4-10H,3,11H2,1-2H3,(H,21,22,26). The zero-order valence-electron chi connectivity index (χ0n) is 14.5. The van der Waals surface area contributed by atoms with E-state index in [0.717, 1.165) is 33.9 Å². The van der Waals surface area contributed by atoms with Crippen molar-refractivity contribution in [2.45, 2.75) is 13.3 Å². The van der Waals surface area contributed by atoms with Gasteiger partial charge in [-0.1, -0.05) is 36.5 Å². The molecule has 2 heterocycles. The molecule has 0 unspecified atom stereocenters. The quantitative estimate of drug-likeness (QED) is 0.520. The number of nitrogens with zero attached hydrogens (tertiary/aromatic N) is 1. The fourth-order valence-electron chi connectivity index (χ4n) is 3.07. The third kappa shape index (κ3) is 2.82. The zero-order valence-corrected chi connectivity index (χ0v) is 15.4. The van der Waals surface area contributed by atoms with E-state index in [2.05, 4.69) is 9.97 Å². The largest absolute Gasteiger partial charge is 0.496 e. The predicted octanol–water partition coefficient (Wildman–Crippen LogP) is 4.91. The number of methoxy groups -OCH3 is 1. The lowest BCUT2D eigenvalue weighted by molar-refractivity contribution is 0.315. The van der Waals surface area contributed by atoms with Crippen LogP contribution in [-0.2, 0) is 6.42 Å². The summed E-state index contributed by atoms with van der Waals surface area (Å²) in [7, 11) is 1.63. The monoisotopic (exact) mass is 366 g/mol. The zero-order chi connectivity index (χ0) is 18.1. The first kappa shape index (κ1) is 16.6. The summed E-state index contributed by atoms with van der Waals surface area (Å²) < 4.78 is 17.8. The van der Waals surface area contributed by atoms with Crippen molar-refractivity contribution >= 4 is 12.2 Å². The van der Waals surface area contributed by atoms with Gasteiger partial charge in [-0.3, -0.25) is 0 Å². The molecular weight excluding hydrogens is 348 g/mol. The maximum atomic E-state index is 6.15. The highest BCUT2D eigenvalue weighted by atomic mass is 32.1. The van der Waals surface area contributed by atoms with Crippen molar-refractivity contribution in [3.8, 4) is 34.5 Å². The molecule has 0 amide bonds. The van der Waals surface area contributed by atoms with E-state index in [-0.39, 0.29) is 0 Å². The third-order valence-corrected chi connectivity index (χ3v) is 4.61. The maximum absolute atomic E-state index is 6.15. The molecule has 0 saturated heterocycles. The Bertz CT molecular complexity index is 1030. The van der Waals surface area contributed by atoms with E-state index in [0.29, 0.717) is 29.4 Å². The SMILES string of the molecule is CCOc1cccc2c1Oc1[nH]c(-c3ccccc3OC)nc(=S)c1C2. The molecule has 5 nitrogen and oxygen atoms in total. The third-order valence-electron chi connectivity index (χ3n) is 4.27. The molecule has 6 heteroatoms. The fraction of sp³-hybridized carbons (Fsp3) is 0.200. The van der Waals surface area contributed by atoms with Gasteiger partial charge in [0.1, 0.15) is 16.2 Å². The topological polar surface area (TPSA) is 56.4 Å². The summed E-state index contributed by atoms with van der Waals surface area (Å²) >= 11 is 5.54. The van der Waals surface area contributed by atoms with E-state index < -0.39 is 0 Å². The Morgan fingerprint density at radius 1 is 1.15 bits per heavy atom. The van der Waals surface area contributed by atoms with Gasteiger partial charge in [0.05, 0.1) is 24.8 Å². The Morgan fingerprint density at radius 3 is 2.77 bits per heavy atom. The van der Waals surface area contributed by atoms with Gasteiger partial charge in [0.25, 0.3) is 0 Å². The van der Waals surface area contributed by atoms with Crippen LogP contribution < -0.4 is 14.2 Å². The molecule has 26 heavy (non-hydrogen) atoms. The molecule has 0 aliphatic carbocycles. The molecule has 1 N–H and O–H groups in total. The van der Waals surface area contributed by atoms with E-state index >= 15 is 0 Å². The van der Waals surface area contributed by atoms with Crippen LogP contribution in [-0.4, -0.2) is 23.7 Å². The predicted molar refractivity (Wildman–Crippen MR) is 102 cm³/mol. The molecule has 0 atom stereocenters. The minimum absolute atomic E-state index is 0.520. The van der Waals surface area contributed by atoms with Gasteiger partial charge in [-0.25, -0.2) is 4.98 Å². The van der Waals surface area contributed by atoms with Crippen molar-refractivity contribution in [2.75, 3.05) is 13.7 Å². The van der Waals surface area contributed by atoms with Crippen molar-refractivity contribution in [1.29, 1.82) is 0 Å². The summed E-state index contributed by atoms with van der Waals surface area (Å²) in [6, 6.07) is 13.5. The van der Waals surface area contributed by atoms with Crippen LogP contribution in [0.5, 0.6) is 23.1 Å². The lowest BCUT2D eigenvalue weighted by atomic mass is 10.0. The average molecular weight is 366 g/mol. The molecule has 0 spiro atoms. The summed E-state index contributed by atoms with van der Waals surface area (Å²) in [5.74, 6) is 3.39. The number of H-pyrrole nitrogens is 1. The van der Waals surface area contributed by atoms with Crippen molar-refractivity contribution in [2.24, 2.45) is 0 Å². The van der Waals surface area contributed by atoms with Gasteiger partial charge in [-0.2, -0.15) is 0 Å². The van der Waals surface area contributed by atoms with Crippen molar-refractivity contribution < 1.29 is 14.2 Å². The number of para-hydroxylation sites is 2. The number of fused-ring (bicyclic) bond motifs is 2. The lowest BCUT2D eigenvalue weighted by Crippen LogP contribution is -2.09. The number of rotatable bonds is 4. The Labute approximate surface area is 156 Å². The second-order valence-electron chi connectivity index (χ2n) is 5.85. The number of ether oxygens (including phenoxy) is 3. The van der Waals surface area contributed by atoms with E-state index in [1.165, 1.54) is 0 Å². The number of aromatic amines is 1. The number of benzene rings is 2. The second-order valence-corrected chi connectivity index (χ2v) is 6.24. The van der Waals surface area contributed by atoms with E-state index in [9.17, 15) is 0 Å². The Hall–Kier alpha value is -2.86. The molecule has 2 aromatic carbocycles. The van der Waals surface area contributed by atoms with Gasteiger partial charge >= 0.3 is 0 Å². The van der Waals surface area contributed by atoms with Crippen molar-refractivity contribution in [1.82, 2.24) is 9.97 Å². The molecule has 0 saturated carbocycles. The molecule has 0 radical (unpaired) electrons. The van der Waals surface area contributed by atoms with Crippen molar-refractivity contribution in [3.05, 3.63) is 58.2 Å². The van der Waals surface area contributed by atoms with Gasteiger partial charge in [-0.05, 0) is 25.1 Å². The first-order valence-electron chi connectivity index (χ1n) is 8.40. The maximum Gasteiger partial charge on any atom is 0.205 e. The highest BCUT2D eigenvalue weighted by Gasteiger charge is 2.24. The van der Waals surface area contributed by atoms with Crippen LogP contribution in [0.2, 0.25) is 0 Å². The number of aromatic nitrogens is 2. The highest BCUT2D eigenvalue weighted by molar-refractivity contribution is 7.71. The van der Waals surface area contributed by atoms with Crippen LogP contribution >= 0.6 is 12.2 Å². The Balaban J connectivity index is 1.82. The van der Waals surface area contributed by atoms with Gasteiger partial charge in [0.15, 0.2) is 11.5 Å². The van der Waals surface area contributed by atoms with E-state index in [4.69, 9.17) is 26.4 Å². The summed E-state index contributed by atoms with van der Waals surface area (Å²) in [6.07, 6.45) is 0.653.